The minimum Gasteiger partial charge on any atom is -0.423 e. The molecule has 0 aliphatic carbocycles. The molecule has 0 aromatic heterocycles. The van der Waals surface area contributed by atoms with Crippen LogP contribution >= 0.6 is 0 Å². The summed E-state index contributed by atoms with van der Waals surface area (Å²) in [6.07, 6.45) is 0.765. The van der Waals surface area contributed by atoms with Gasteiger partial charge >= 0.3 is 7.12 Å². The van der Waals surface area contributed by atoms with Crippen LogP contribution in [0.4, 0.5) is 0 Å². The number of hydrogen-bond acceptors (Lipinski definition) is 3. The van der Waals surface area contributed by atoms with E-state index in [0.29, 0.717) is 11.0 Å². The van der Waals surface area contributed by atoms with Gasteiger partial charge in [-0.1, -0.05) is 30.3 Å². The zero-order chi connectivity index (χ0) is 10.8. The van der Waals surface area contributed by atoms with Crippen LogP contribution in [0.1, 0.15) is 10.4 Å². The Morgan fingerprint density at radius 2 is 1.73 bits per heavy atom. The van der Waals surface area contributed by atoms with Crippen molar-refractivity contribution in [3.8, 4) is 0 Å². The Balaban J connectivity index is 2.62. The summed E-state index contributed by atoms with van der Waals surface area (Å²) in [4.78, 5) is 10.6. The number of rotatable bonds is 2. The minimum atomic E-state index is -1.48. The molecule has 0 bridgehead atoms. The maximum Gasteiger partial charge on any atom is 0.488 e. The molecule has 0 saturated carbocycles. The van der Waals surface area contributed by atoms with Crippen LogP contribution in [-0.2, 0) is 0 Å². The number of benzene rings is 2. The van der Waals surface area contributed by atoms with Crippen molar-refractivity contribution in [3.05, 3.63) is 42.0 Å². The molecule has 0 aliphatic heterocycles. The molecule has 2 N–H and O–H groups in total. The first-order chi connectivity index (χ1) is 7.20. The van der Waals surface area contributed by atoms with E-state index in [1.54, 1.807) is 30.3 Å². The Morgan fingerprint density at radius 3 is 2.40 bits per heavy atom. The van der Waals surface area contributed by atoms with Crippen LogP contribution < -0.4 is 5.46 Å². The highest BCUT2D eigenvalue weighted by atomic mass is 16.4. The molecule has 0 fully saturated rings. The topological polar surface area (TPSA) is 57.5 Å². The molecule has 0 radical (unpaired) electrons. The van der Waals surface area contributed by atoms with E-state index in [2.05, 4.69) is 0 Å². The quantitative estimate of drug-likeness (QED) is 0.542. The average molecular weight is 200 g/mol. The third kappa shape index (κ3) is 1.91. The molecule has 3 nitrogen and oxygen atoms in total. The zero-order valence-electron chi connectivity index (χ0n) is 7.92. The summed E-state index contributed by atoms with van der Waals surface area (Å²) < 4.78 is 0. The lowest BCUT2D eigenvalue weighted by Gasteiger charge is -2.02. The van der Waals surface area contributed by atoms with E-state index in [0.717, 1.165) is 17.1 Å². The lowest BCUT2D eigenvalue weighted by Crippen LogP contribution is -2.29. The Labute approximate surface area is 87.1 Å². The molecule has 4 heteroatoms. The lowest BCUT2D eigenvalue weighted by molar-refractivity contribution is 0.112. The van der Waals surface area contributed by atoms with Gasteiger partial charge in [-0.3, -0.25) is 4.79 Å². The van der Waals surface area contributed by atoms with E-state index < -0.39 is 7.12 Å². The van der Waals surface area contributed by atoms with Crippen molar-refractivity contribution in [3.63, 3.8) is 0 Å². The van der Waals surface area contributed by atoms with E-state index in [1.807, 2.05) is 6.07 Å². The molecule has 0 aliphatic rings. The van der Waals surface area contributed by atoms with Gasteiger partial charge in [-0.2, -0.15) is 0 Å². The largest absolute Gasteiger partial charge is 0.488 e. The van der Waals surface area contributed by atoms with Gasteiger partial charge in [0.05, 0.1) is 0 Å². The molecular formula is C11H9BO3. The summed E-state index contributed by atoms with van der Waals surface area (Å²) >= 11 is 0. The molecule has 0 amide bonds. The lowest BCUT2D eigenvalue weighted by atomic mass is 9.79. The van der Waals surface area contributed by atoms with Crippen molar-refractivity contribution in [2.45, 2.75) is 0 Å². The van der Waals surface area contributed by atoms with E-state index >= 15 is 0 Å². The summed E-state index contributed by atoms with van der Waals surface area (Å²) in [5, 5.41) is 19.8. The van der Waals surface area contributed by atoms with E-state index in [-0.39, 0.29) is 0 Å². The Morgan fingerprint density at radius 1 is 1.00 bits per heavy atom. The number of carbonyl (C=O) groups is 1. The second-order valence-electron chi connectivity index (χ2n) is 3.36. The van der Waals surface area contributed by atoms with Crippen LogP contribution in [0.25, 0.3) is 10.8 Å². The summed E-state index contributed by atoms with van der Waals surface area (Å²) in [6.45, 7) is 0. The fourth-order valence-electron chi connectivity index (χ4n) is 1.52. The first-order valence-corrected chi connectivity index (χ1v) is 4.56. The van der Waals surface area contributed by atoms with Gasteiger partial charge in [-0.25, -0.2) is 0 Å². The molecule has 0 saturated heterocycles. The summed E-state index contributed by atoms with van der Waals surface area (Å²) in [5.41, 5.74) is 0.998. The maximum absolute atomic E-state index is 10.6. The van der Waals surface area contributed by atoms with Gasteiger partial charge in [0.15, 0.2) is 0 Å². The second-order valence-corrected chi connectivity index (χ2v) is 3.36. The smallest absolute Gasteiger partial charge is 0.423 e. The monoisotopic (exact) mass is 200 g/mol. The highest BCUT2D eigenvalue weighted by molar-refractivity contribution is 6.58. The molecule has 15 heavy (non-hydrogen) atoms. The van der Waals surface area contributed by atoms with Crippen LogP contribution in [0.5, 0.6) is 0 Å². The SMILES string of the molecule is O=Cc1ccc2ccc(B(O)O)cc2c1. The van der Waals surface area contributed by atoms with Gasteiger partial charge in [0.1, 0.15) is 6.29 Å². The first-order valence-electron chi connectivity index (χ1n) is 4.56. The summed E-state index contributed by atoms with van der Waals surface area (Å²) in [5.74, 6) is 0. The predicted octanol–water partition coefficient (Wildman–Crippen LogP) is 0.332. The molecule has 2 rings (SSSR count). The minimum absolute atomic E-state index is 0.422. The fourth-order valence-corrected chi connectivity index (χ4v) is 1.52. The second kappa shape index (κ2) is 3.84. The van der Waals surface area contributed by atoms with Gasteiger partial charge < -0.3 is 10.0 Å². The third-order valence-corrected chi connectivity index (χ3v) is 2.32. The van der Waals surface area contributed by atoms with Crippen molar-refractivity contribution < 1.29 is 14.8 Å². The van der Waals surface area contributed by atoms with Gasteiger partial charge in [0.25, 0.3) is 0 Å². The Bertz CT molecular complexity index is 508. The van der Waals surface area contributed by atoms with Crippen LogP contribution in [0.3, 0.4) is 0 Å². The van der Waals surface area contributed by atoms with Crippen LogP contribution in [0.2, 0.25) is 0 Å². The Kier molecular flexibility index (Phi) is 2.54. The number of carbonyl (C=O) groups excluding carboxylic acids is 1. The highest BCUT2D eigenvalue weighted by Crippen LogP contribution is 2.13. The molecule has 0 atom stereocenters. The van der Waals surface area contributed by atoms with Gasteiger partial charge in [0.2, 0.25) is 0 Å². The molecule has 0 heterocycles. The van der Waals surface area contributed by atoms with Crippen molar-refractivity contribution in [1.82, 2.24) is 0 Å². The van der Waals surface area contributed by atoms with Crippen LogP contribution in [0, 0.1) is 0 Å². The fraction of sp³-hybridized carbons (Fsp3) is 0. The molecule has 0 unspecified atom stereocenters. The van der Waals surface area contributed by atoms with Crippen molar-refractivity contribution in [2.75, 3.05) is 0 Å². The van der Waals surface area contributed by atoms with Gasteiger partial charge in [-0.05, 0) is 22.3 Å². The molecule has 2 aromatic carbocycles. The van der Waals surface area contributed by atoms with Crippen molar-refractivity contribution >= 4 is 29.6 Å². The van der Waals surface area contributed by atoms with Crippen LogP contribution in [0.15, 0.2) is 36.4 Å². The number of hydrogen-bond donors (Lipinski definition) is 2. The normalized spacial score (nSPS) is 10.3. The predicted molar refractivity (Wildman–Crippen MR) is 59.2 cm³/mol. The highest BCUT2D eigenvalue weighted by Gasteiger charge is 2.10. The van der Waals surface area contributed by atoms with E-state index in [9.17, 15) is 4.79 Å². The summed E-state index contributed by atoms with van der Waals surface area (Å²) in [6, 6.07) is 10.4. The van der Waals surface area contributed by atoms with E-state index in [1.165, 1.54) is 0 Å². The summed E-state index contributed by atoms with van der Waals surface area (Å²) in [7, 11) is -1.48. The molecule has 0 spiro atoms. The zero-order valence-corrected chi connectivity index (χ0v) is 7.92. The number of fused-ring (bicyclic) bond motifs is 1. The van der Waals surface area contributed by atoms with Crippen molar-refractivity contribution in [2.24, 2.45) is 0 Å². The van der Waals surface area contributed by atoms with Gasteiger partial charge in [0, 0.05) is 5.56 Å². The van der Waals surface area contributed by atoms with Crippen LogP contribution in [-0.4, -0.2) is 23.5 Å². The third-order valence-electron chi connectivity index (χ3n) is 2.32. The number of aldehydes is 1. The van der Waals surface area contributed by atoms with Crippen molar-refractivity contribution in [1.29, 1.82) is 0 Å². The average Bonchev–Trinajstić information content (AvgIpc) is 2.27. The molecule has 74 valence electrons. The Hall–Kier alpha value is -1.65. The standard InChI is InChI=1S/C11H9BO3/c13-7-8-1-2-9-3-4-11(12(14)15)6-10(9)5-8/h1-7,14-15H. The van der Waals surface area contributed by atoms with Gasteiger partial charge in [-0.15, -0.1) is 0 Å². The molecule has 2 aromatic rings. The van der Waals surface area contributed by atoms with E-state index in [4.69, 9.17) is 10.0 Å². The maximum atomic E-state index is 10.6. The first kappa shape index (κ1) is 9.89. The molecular weight excluding hydrogens is 191 g/mol.